The molecule has 3 aromatic rings. The number of benzene rings is 2. The van der Waals surface area contributed by atoms with Crippen LogP contribution in [0, 0.1) is 0 Å². The van der Waals surface area contributed by atoms with Gasteiger partial charge in [-0.05, 0) is 71.3 Å². The second-order valence-electron chi connectivity index (χ2n) is 7.86. The Morgan fingerprint density at radius 3 is 2.40 bits per heavy atom. The van der Waals surface area contributed by atoms with Crippen molar-refractivity contribution in [3.8, 4) is 11.1 Å². The third-order valence-electron chi connectivity index (χ3n) is 5.71. The maximum absolute atomic E-state index is 13.0. The second kappa shape index (κ2) is 9.63. The number of amides is 1. The monoisotopic (exact) mass is 438 g/mol. The quantitative estimate of drug-likeness (QED) is 0.434. The normalized spacial score (nSPS) is 14.5. The van der Waals surface area contributed by atoms with Gasteiger partial charge in [0.15, 0.2) is 0 Å². The van der Waals surface area contributed by atoms with Crippen LogP contribution in [0.5, 0.6) is 0 Å². The molecule has 1 N–H and O–H groups in total. The summed E-state index contributed by atoms with van der Waals surface area (Å²) in [5.74, 6) is 0.427. The molecular weight excluding hydrogens is 415 g/mol. The zero-order chi connectivity index (χ0) is 20.9. The van der Waals surface area contributed by atoms with E-state index in [1.165, 1.54) is 37.7 Å². The number of hydrogen-bond donors (Lipinski definition) is 1. The topological polar surface area (TPSA) is 42.0 Å². The lowest BCUT2D eigenvalue weighted by atomic mass is 9.82. The molecule has 0 unspecified atom stereocenters. The standard InChI is InChI=1S/C25H24Cl2N2O/c26-23-9-7-19(8-10-23)21-12-20(18-4-2-1-3-5-18)13-22(14-21)25(30)29-16-17-6-11-24(27)28-15-17/h6-15,18H,1-5,16H2,(H,29,30). The highest BCUT2D eigenvalue weighted by molar-refractivity contribution is 6.30. The van der Waals surface area contributed by atoms with Crippen LogP contribution in [-0.4, -0.2) is 10.9 Å². The first-order valence-electron chi connectivity index (χ1n) is 10.4. The van der Waals surface area contributed by atoms with E-state index in [2.05, 4.69) is 22.4 Å². The van der Waals surface area contributed by atoms with Crippen molar-refractivity contribution in [2.45, 2.75) is 44.6 Å². The number of nitrogens with one attached hydrogen (secondary N) is 1. The van der Waals surface area contributed by atoms with Gasteiger partial charge in [-0.3, -0.25) is 4.79 Å². The molecule has 0 spiro atoms. The highest BCUT2D eigenvalue weighted by atomic mass is 35.5. The van der Waals surface area contributed by atoms with Crippen LogP contribution in [0.4, 0.5) is 0 Å². The summed E-state index contributed by atoms with van der Waals surface area (Å²) in [5, 5.41) is 4.16. The molecule has 0 saturated heterocycles. The van der Waals surface area contributed by atoms with E-state index < -0.39 is 0 Å². The first kappa shape index (κ1) is 20.9. The fraction of sp³-hybridized carbons (Fsp3) is 0.280. The van der Waals surface area contributed by atoms with E-state index in [1.54, 1.807) is 12.3 Å². The van der Waals surface area contributed by atoms with Crippen LogP contribution in [0.25, 0.3) is 11.1 Å². The zero-order valence-electron chi connectivity index (χ0n) is 16.7. The van der Waals surface area contributed by atoms with Gasteiger partial charge in [0.2, 0.25) is 0 Å². The van der Waals surface area contributed by atoms with Gasteiger partial charge in [-0.2, -0.15) is 0 Å². The van der Waals surface area contributed by atoms with Gasteiger partial charge in [0.05, 0.1) is 0 Å². The van der Waals surface area contributed by atoms with E-state index in [0.717, 1.165) is 16.7 Å². The van der Waals surface area contributed by atoms with Crippen molar-refractivity contribution in [3.63, 3.8) is 0 Å². The Morgan fingerprint density at radius 1 is 0.933 bits per heavy atom. The van der Waals surface area contributed by atoms with Crippen LogP contribution in [-0.2, 0) is 6.54 Å². The molecule has 1 saturated carbocycles. The Hall–Kier alpha value is -2.36. The minimum Gasteiger partial charge on any atom is -0.348 e. The molecule has 1 aromatic heterocycles. The van der Waals surface area contributed by atoms with Crippen LogP contribution in [0.1, 0.15) is 59.5 Å². The molecule has 2 aromatic carbocycles. The smallest absolute Gasteiger partial charge is 0.251 e. The van der Waals surface area contributed by atoms with E-state index in [1.807, 2.05) is 36.4 Å². The van der Waals surface area contributed by atoms with Crippen LogP contribution >= 0.6 is 23.2 Å². The molecule has 1 aliphatic rings. The molecule has 3 nitrogen and oxygen atoms in total. The average Bonchev–Trinajstić information content (AvgIpc) is 2.79. The van der Waals surface area contributed by atoms with Gasteiger partial charge in [-0.1, -0.05) is 66.7 Å². The molecule has 0 atom stereocenters. The summed E-state index contributed by atoms with van der Waals surface area (Å²) in [6.45, 7) is 0.410. The van der Waals surface area contributed by atoms with E-state index >= 15 is 0 Å². The molecule has 1 amide bonds. The Kier molecular flexibility index (Phi) is 6.71. The Labute approximate surface area is 187 Å². The van der Waals surface area contributed by atoms with Crippen molar-refractivity contribution in [1.82, 2.24) is 10.3 Å². The highest BCUT2D eigenvalue weighted by Gasteiger charge is 2.19. The van der Waals surface area contributed by atoms with Gasteiger partial charge in [0.1, 0.15) is 5.15 Å². The molecule has 0 radical (unpaired) electrons. The lowest BCUT2D eigenvalue weighted by Gasteiger charge is -2.23. The van der Waals surface area contributed by atoms with Gasteiger partial charge in [0, 0.05) is 23.3 Å². The highest BCUT2D eigenvalue weighted by Crippen LogP contribution is 2.35. The number of carbonyl (C=O) groups is 1. The van der Waals surface area contributed by atoms with Crippen molar-refractivity contribution in [2.24, 2.45) is 0 Å². The van der Waals surface area contributed by atoms with Gasteiger partial charge < -0.3 is 5.32 Å². The largest absolute Gasteiger partial charge is 0.348 e. The molecule has 5 heteroatoms. The number of aromatic nitrogens is 1. The van der Waals surface area contributed by atoms with E-state index in [-0.39, 0.29) is 5.91 Å². The second-order valence-corrected chi connectivity index (χ2v) is 8.68. The maximum atomic E-state index is 13.0. The Morgan fingerprint density at radius 2 is 1.70 bits per heavy atom. The zero-order valence-corrected chi connectivity index (χ0v) is 18.2. The number of hydrogen-bond acceptors (Lipinski definition) is 2. The van der Waals surface area contributed by atoms with Crippen LogP contribution < -0.4 is 5.32 Å². The van der Waals surface area contributed by atoms with Crippen molar-refractivity contribution < 1.29 is 4.79 Å². The van der Waals surface area contributed by atoms with Gasteiger partial charge in [-0.15, -0.1) is 0 Å². The van der Waals surface area contributed by atoms with Crippen molar-refractivity contribution in [2.75, 3.05) is 0 Å². The fourth-order valence-electron chi connectivity index (χ4n) is 4.06. The fourth-order valence-corrected chi connectivity index (χ4v) is 4.30. The minimum absolute atomic E-state index is 0.0853. The Bertz CT molecular complexity index is 1010. The lowest BCUT2D eigenvalue weighted by Crippen LogP contribution is -2.23. The molecule has 0 aliphatic heterocycles. The SMILES string of the molecule is O=C(NCc1ccc(Cl)nc1)c1cc(-c2ccc(Cl)cc2)cc(C2CCCCC2)c1. The van der Waals surface area contributed by atoms with Crippen molar-refractivity contribution in [3.05, 3.63) is 87.7 Å². The predicted octanol–water partition coefficient (Wildman–Crippen LogP) is 7.03. The average molecular weight is 439 g/mol. The molecule has 0 bridgehead atoms. The summed E-state index contributed by atoms with van der Waals surface area (Å²) in [6.07, 6.45) is 7.85. The molecule has 1 fully saturated rings. The number of carbonyl (C=O) groups excluding carboxylic acids is 1. The third kappa shape index (κ3) is 5.21. The summed E-state index contributed by atoms with van der Waals surface area (Å²) in [6, 6.07) is 17.6. The van der Waals surface area contributed by atoms with Crippen molar-refractivity contribution >= 4 is 29.1 Å². The molecular formula is C25H24Cl2N2O. The molecule has 1 heterocycles. The third-order valence-corrected chi connectivity index (χ3v) is 6.19. The molecule has 154 valence electrons. The minimum atomic E-state index is -0.0853. The van der Waals surface area contributed by atoms with E-state index in [4.69, 9.17) is 23.2 Å². The van der Waals surface area contributed by atoms with E-state index in [0.29, 0.717) is 28.2 Å². The first-order chi connectivity index (χ1) is 14.6. The number of pyridine rings is 1. The Balaban J connectivity index is 1.61. The van der Waals surface area contributed by atoms with Crippen LogP contribution in [0.2, 0.25) is 10.2 Å². The number of rotatable bonds is 5. The predicted molar refractivity (Wildman–Crippen MR) is 123 cm³/mol. The summed E-state index contributed by atoms with van der Waals surface area (Å²) in [7, 11) is 0. The van der Waals surface area contributed by atoms with E-state index in [9.17, 15) is 4.79 Å². The summed E-state index contributed by atoms with van der Waals surface area (Å²) in [4.78, 5) is 17.0. The van der Waals surface area contributed by atoms with Crippen molar-refractivity contribution in [1.29, 1.82) is 0 Å². The lowest BCUT2D eigenvalue weighted by molar-refractivity contribution is 0.0951. The number of halogens is 2. The van der Waals surface area contributed by atoms with Gasteiger partial charge >= 0.3 is 0 Å². The molecule has 1 aliphatic carbocycles. The molecule has 4 rings (SSSR count). The summed E-state index contributed by atoms with van der Waals surface area (Å²) < 4.78 is 0. The van der Waals surface area contributed by atoms with Gasteiger partial charge in [0.25, 0.3) is 5.91 Å². The van der Waals surface area contributed by atoms with Crippen LogP contribution in [0.3, 0.4) is 0 Å². The summed E-state index contributed by atoms with van der Waals surface area (Å²) in [5.41, 5.74) is 4.96. The first-order valence-corrected chi connectivity index (χ1v) is 11.1. The summed E-state index contributed by atoms with van der Waals surface area (Å²) >= 11 is 11.9. The van der Waals surface area contributed by atoms with Gasteiger partial charge in [-0.25, -0.2) is 4.98 Å². The van der Waals surface area contributed by atoms with Crippen LogP contribution in [0.15, 0.2) is 60.8 Å². The number of nitrogens with zero attached hydrogens (tertiary/aromatic N) is 1. The maximum Gasteiger partial charge on any atom is 0.251 e. The molecule has 30 heavy (non-hydrogen) atoms.